The molecule has 0 aliphatic heterocycles. The standard InChI is InChI=1S/C18H18N2O3S2/c1-4-20-13-10-14(22-2)15(23-3)11-16(13)25-18(20)19-17(21)8-7-12-6-5-9-24-12/h5-11H,4H2,1-3H3/b8-7+,19-18?. The molecule has 7 heteroatoms. The molecule has 0 bridgehead atoms. The van der Waals surface area contributed by atoms with Gasteiger partial charge in [-0.25, -0.2) is 0 Å². The van der Waals surface area contributed by atoms with Crippen molar-refractivity contribution in [3.8, 4) is 11.5 Å². The predicted octanol–water partition coefficient (Wildman–Crippen LogP) is 3.94. The van der Waals surface area contributed by atoms with Gasteiger partial charge in [0, 0.05) is 29.6 Å². The summed E-state index contributed by atoms with van der Waals surface area (Å²) in [5.41, 5.74) is 0.971. The number of aromatic nitrogens is 1. The molecule has 0 fully saturated rings. The van der Waals surface area contributed by atoms with Crippen LogP contribution in [0.1, 0.15) is 11.8 Å². The SMILES string of the molecule is CCn1c(=NC(=O)/C=C/c2cccs2)sc2cc(OC)c(OC)cc21. The summed E-state index contributed by atoms with van der Waals surface area (Å²) < 4.78 is 13.7. The number of benzene rings is 1. The minimum atomic E-state index is -0.277. The van der Waals surface area contributed by atoms with Crippen LogP contribution in [0.5, 0.6) is 11.5 Å². The number of rotatable bonds is 5. The molecule has 25 heavy (non-hydrogen) atoms. The molecule has 130 valence electrons. The first-order chi connectivity index (χ1) is 12.2. The van der Waals surface area contributed by atoms with Crippen molar-refractivity contribution < 1.29 is 14.3 Å². The molecular weight excluding hydrogens is 356 g/mol. The van der Waals surface area contributed by atoms with Gasteiger partial charge < -0.3 is 14.0 Å². The van der Waals surface area contributed by atoms with E-state index in [2.05, 4.69) is 4.99 Å². The fourth-order valence-electron chi connectivity index (χ4n) is 2.46. The van der Waals surface area contributed by atoms with E-state index in [1.165, 1.54) is 17.4 Å². The first kappa shape index (κ1) is 17.4. The minimum absolute atomic E-state index is 0.277. The maximum Gasteiger partial charge on any atom is 0.272 e. The van der Waals surface area contributed by atoms with Crippen LogP contribution in [0, 0.1) is 0 Å². The Morgan fingerprint density at radius 1 is 1.28 bits per heavy atom. The van der Waals surface area contributed by atoms with Gasteiger partial charge in [-0.05, 0) is 24.4 Å². The van der Waals surface area contributed by atoms with Crippen LogP contribution >= 0.6 is 22.7 Å². The van der Waals surface area contributed by atoms with E-state index in [-0.39, 0.29) is 5.91 Å². The maximum absolute atomic E-state index is 12.2. The van der Waals surface area contributed by atoms with Gasteiger partial charge >= 0.3 is 0 Å². The van der Waals surface area contributed by atoms with Gasteiger partial charge in [0.05, 0.1) is 24.4 Å². The molecule has 0 aliphatic rings. The van der Waals surface area contributed by atoms with Gasteiger partial charge in [-0.3, -0.25) is 4.79 Å². The van der Waals surface area contributed by atoms with Gasteiger partial charge in [-0.1, -0.05) is 17.4 Å². The van der Waals surface area contributed by atoms with Crippen molar-refractivity contribution in [2.75, 3.05) is 14.2 Å². The van der Waals surface area contributed by atoms with Crippen molar-refractivity contribution in [1.82, 2.24) is 4.57 Å². The second kappa shape index (κ2) is 7.67. The van der Waals surface area contributed by atoms with Crippen LogP contribution in [-0.2, 0) is 11.3 Å². The predicted molar refractivity (Wildman–Crippen MR) is 103 cm³/mol. The molecular formula is C18H18N2O3S2. The van der Waals surface area contributed by atoms with Gasteiger partial charge in [-0.15, -0.1) is 11.3 Å². The average molecular weight is 374 g/mol. The van der Waals surface area contributed by atoms with Crippen LogP contribution in [0.3, 0.4) is 0 Å². The molecule has 0 aliphatic carbocycles. The quantitative estimate of drug-likeness (QED) is 0.636. The van der Waals surface area contributed by atoms with Crippen LogP contribution in [0.2, 0.25) is 0 Å². The molecule has 0 spiro atoms. The zero-order valence-electron chi connectivity index (χ0n) is 14.2. The number of thiazole rings is 1. The zero-order chi connectivity index (χ0) is 17.8. The third-order valence-electron chi connectivity index (χ3n) is 3.64. The number of aryl methyl sites for hydroxylation is 1. The minimum Gasteiger partial charge on any atom is -0.493 e. The number of fused-ring (bicyclic) bond motifs is 1. The van der Waals surface area contributed by atoms with Crippen molar-refractivity contribution in [1.29, 1.82) is 0 Å². The molecule has 0 radical (unpaired) electrons. The molecule has 0 saturated carbocycles. The molecule has 0 N–H and O–H groups in total. The highest BCUT2D eigenvalue weighted by atomic mass is 32.1. The molecule has 3 rings (SSSR count). The molecule has 2 aromatic heterocycles. The Kier molecular flexibility index (Phi) is 5.35. The van der Waals surface area contributed by atoms with E-state index in [9.17, 15) is 4.79 Å². The molecule has 0 saturated heterocycles. The van der Waals surface area contributed by atoms with Crippen molar-refractivity contribution in [2.24, 2.45) is 4.99 Å². The molecule has 3 aromatic rings. The van der Waals surface area contributed by atoms with Gasteiger partial charge in [-0.2, -0.15) is 4.99 Å². The lowest BCUT2D eigenvalue weighted by Gasteiger charge is -2.08. The van der Waals surface area contributed by atoms with Crippen LogP contribution in [-0.4, -0.2) is 24.7 Å². The number of carbonyl (C=O) groups is 1. The first-order valence-corrected chi connectivity index (χ1v) is 9.41. The number of carbonyl (C=O) groups excluding carboxylic acids is 1. The first-order valence-electron chi connectivity index (χ1n) is 7.72. The lowest BCUT2D eigenvalue weighted by molar-refractivity contribution is -0.113. The van der Waals surface area contributed by atoms with Crippen molar-refractivity contribution in [2.45, 2.75) is 13.5 Å². The number of ether oxygens (including phenoxy) is 2. The number of amides is 1. The van der Waals surface area contributed by atoms with Crippen molar-refractivity contribution in [3.05, 3.63) is 45.4 Å². The highest BCUT2D eigenvalue weighted by Gasteiger charge is 2.12. The van der Waals surface area contributed by atoms with Crippen LogP contribution in [0.25, 0.3) is 16.3 Å². The van der Waals surface area contributed by atoms with Gasteiger partial charge in [0.25, 0.3) is 5.91 Å². The summed E-state index contributed by atoms with van der Waals surface area (Å²) in [5, 5.41) is 1.97. The molecule has 1 aromatic carbocycles. The monoisotopic (exact) mass is 374 g/mol. The van der Waals surface area contributed by atoms with Crippen LogP contribution in [0.15, 0.2) is 40.7 Å². The molecule has 0 unspecified atom stereocenters. The zero-order valence-corrected chi connectivity index (χ0v) is 15.8. The van der Waals surface area contributed by atoms with E-state index in [0.717, 1.165) is 15.1 Å². The lowest BCUT2D eigenvalue weighted by atomic mass is 10.3. The number of nitrogens with zero attached hydrogens (tertiary/aromatic N) is 2. The second-order valence-corrected chi connectivity index (χ2v) is 7.09. The Balaban J connectivity index is 2.04. The maximum atomic E-state index is 12.2. The smallest absolute Gasteiger partial charge is 0.272 e. The largest absolute Gasteiger partial charge is 0.493 e. The molecule has 5 nitrogen and oxygen atoms in total. The Bertz CT molecular complexity index is 982. The fraction of sp³-hybridized carbons (Fsp3) is 0.222. The van der Waals surface area contributed by atoms with E-state index in [1.54, 1.807) is 31.6 Å². The Hall–Kier alpha value is -2.38. The summed E-state index contributed by atoms with van der Waals surface area (Å²) in [4.78, 5) is 18.1. The van der Waals surface area contributed by atoms with E-state index in [4.69, 9.17) is 9.47 Å². The number of hydrogen-bond acceptors (Lipinski definition) is 5. The summed E-state index contributed by atoms with van der Waals surface area (Å²) in [7, 11) is 3.21. The van der Waals surface area contributed by atoms with Crippen LogP contribution in [0.4, 0.5) is 0 Å². The average Bonchev–Trinajstić information content (AvgIpc) is 3.25. The van der Waals surface area contributed by atoms with E-state index >= 15 is 0 Å². The highest BCUT2D eigenvalue weighted by Crippen LogP contribution is 2.33. The number of methoxy groups -OCH3 is 2. The summed E-state index contributed by atoms with van der Waals surface area (Å²) in [6.07, 6.45) is 3.28. The summed E-state index contributed by atoms with van der Waals surface area (Å²) in [6, 6.07) is 7.73. The number of hydrogen-bond donors (Lipinski definition) is 0. The molecule has 1 amide bonds. The summed E-state index contributed by atoms with van der Waals surface area (Å²) in [5.74, 6) is 1.04. The normalized spacial score (nSPS) is 12.2. The third-order valence-corrected chi connectivity index (χ3v) is 5.52. The molecule has 0 atom stereocenters. The Labute approximate surface area is 153 Å². The Morgan fingerprint density at radius 2 is 2.04 bits per heavy atom. The second-order valence-electron chi connectivity index (χ2n) is 5.10. The fourth-order valence-corrected chi connectivity index (χ4v) is 4.19. The van der Waals surface area contributed by atoms with E-state index in [0.29, 0.717) is 22.8 Å². The third kappa shape index (κ3) is 3.67. The summed E-state index contributed by atoms with van der Waals surface area (Å²) in [6.45, 7) is 2.73. The lowest BCUT2D eigenvalue weighted by Crippen LogP contribution is -2.15. The Morgan fingerprint density at radius 3 is 2.68 bits per heavy atom. The molecule has 2 heterocycles. The van der Waals surface area contributed by atoms with Crippen molar-refractivity contribution >= 4 is 44.9 Å². The van der Waals surface area contributed by atoms with Crippen LogP contribution < -0.4 is 14.3 Å². The van der Waals surface area contributed by atoms with Gasteiger partial charge in [0.1, 0.15) is 0 Å². The van der Waals surface area contributed by atoms with E-state index in [1.807, 2.05) is 41.1 Å². The summed E-state index contributed by atoms with van der Waals surface area (Å²) >= 11 is 3.04. The topological polar surface area (TPSA) is 52.8 Å². The van der Waals surface area contributed by atoms with E-state index < -0.39 is 0 Å². The van der Waals surface area contributed by atoms with Gasteiger partial charge in [0.15, 0.2) is 16.3 Å². The highest BCUT2D eigenvalue weighted by molar-refractivity contribution is 7.16. The van der Waals surface area contributed by atoms with Crippen molar-refractivity contribution in [3.63, 3.8) is 0 Å². The number of thiophene rings is 1. The van der Waals surface area contributed by atoms with Gasteiger partial charge in [0.2, 0.25) is 0 Å².